The lowest BCUT2D eigenvalue weighted by Crippen LogP contribution is -1.92. The Kier molecular flexibility index (Phi) is 6.91. The molecule has 0 spiro atoms. The third-order valence-corrected chi connectivity index (χ3v) is 2.23. The number of aldehydes is 1. The largest absolute Gasteiger partial charge is 0.298 e. The molecule has 0 aliphatic heterocycles. The molecule has 1 rings (SSSR count). The maximum atomic E-state index is 10.5. The van der Waals surface area contributed by atoms with Crippen molar-refractivity contribution >= 4 is 31.1 Å². The molecule has 74 valence electrons. The van der Waals surface area contributed by atoms with Crippen molar-refractivity contribution in [3.05, 3.63) is 34.4 Å². The second kappa shape index (κ2) is 6.01. The van der Waals surface area contributed by atoms with Crippen LogP contribution in [0.25, 0.3) is 0 Å². The van der Waals surface area contributed by atoms with Crippen molar-refractivity contribution in [1.82, 2.24) is 0 Å². The Balaban J connectivity index is 0. The molecular formula is C10H14Cl2O. The molecule has 0 heterocycles. The van der Waals surface area contributed by atoms with E-state index in [0.29, 0.717) is 0 Å². The second-order valence-electron chi connectivity index (χ2n) is 2.84. The van der Waals surface area contributed by atoms with Crippen molar-refractivity contribution < 1.29 is 4.79 Å². The number of hydrogen-bond donors (Lipinski definition) is 0. The molecular weight excluding hydrogens is 207 g/mol. The van der Waals surface area contributed by atoms with E-state index in [0.717, 1.165) is 17.4 Å². The predicted molar refractivity (Wildman–Crippen MR) is 60.5 cm³/mol. The van der Waals surface area contributed by atoms with Gasteiger partial charge in [-0.1, -0.05) is 12.1 Å². The van der Waals surface area contributed by atoms with Gasteiger partial charge in [0.1, 0.15) is 6.29 Å². The van der Waals surface area contributed by atoms with Crippen LogP contribution < -0.4 is 0 Å². The molecule has 0 aliphatic rings. The molecule has 0 bridgehead atoms. The normalized spacial score (nSPS) is 8.23. The molecule has 1 aromatic rings. The van der Waals surface area contributed by atoms with Gasteiger partial charge in [0, 0.05) is 5.56 Å². The minimum Gasteiger partial charge on any atom is -0.298 e. The van der Waals surface area contributed by atoms with E-state index in [1.165, 1.54) is 11.1 Å². The molecule has 13 heavy (non-hydrogen) atoms. The highest BCUT2D eigenvalue weighted by molar-refractivity contribution is 5.85. The zero-order chi connectivity index (χ0) is 8.43. The zero-order valence-electron chi connectivity index (χ0n) is 7.96. The molecule has 0 aromatic heterocycles. The summed E-state index contributed by atoms with van der Waals surface area (Å²) in [5.74, 6) is 0. The van der Waals surface area contributed by atoms with Crippen LogP contribution in [0, 0.1) is 20.8 Å². The first-order valence-corrected chi connectivity index (χ1v) is 3.69. The lowest BCUT2D eigenvalue weighted by atomic mass is 10.00. The summed E-state index contributed by atoms with van der Waals surface area (Å²) in [7, 11) is 0. The van der Waals surface area contributed by atoms with Gasteiger partial charge in [-0.25, -0.2) is 0 Å². The number of carbonyl (C=O) groups is 1. The third-order valence-electron chi connectivity index (χ3n) is 2.23. The van der Waals surface area contributed by atoms with E-state index in [-0.39, 0.29) is 24.8 Å². The van der Waals surface area contributed by atoms with Crippen molar-refractivity contribution in [2.75, 3.05) is 0 Å². The van der Waals surface area contributed by atoms with Gasteiger partial charge in [-0.05, 0) is 37.5 Å². The average Bonchev–Trinajstić information content (AvgIpc) is 2.01. The van der Waals surface area contributed by atoms with E-state index in [9.17, 15) is 4.79 Å². The smallest absolute Gasteiger partial charge is 0.150 e. The fourth-order valence-corrected chi connectivity index (χ4v) is 1.10. The lowest BCUT2D eigenvalue weighted by Gasteiger charge is -2.05. The first-order valence-electron chi connectivity index (χ1n) is 3.69. The van der Waals surface area contributed by atoms with Gasteiger partial charge in [0.25, 0.3) is 0 Å². The number of hydrogen-bond acceptors (Lipinski definition) is 1. The predicted octanol–water partition coefficient (Wildman–Crippen LogP) is 3.27. The summed E-state index contributed by atoms with van der Waals surface area (Å²) in [6, 6.07) is 3.84. The Morgan fingerprint density at radius 1 is 1.00 bits per heavy atom. The van der Waals surface area contributed by atoms with Crippen LogP contribution in [0.3, 0.4) is 0 Å². The number of aryl methyl sites for hydroxylation is 1. The molecule has 0 atom stereocenters. The number of carbonyl (C=O) groups excluding carboxylic acids is 1. The van der Waals surface area contributed by atoms with Crippen molar-refractivity contribution in [3.63, 3.8) is 0 Å². The minimum atomic E-state index is 0. The van der Waals surface area contributed by atoms with Gasteiger partial charge < -0.3 is 0 Å². The number of halogens is 2. The lowest BCUT2D eigenvalue weighted by molar-refractivity contribution is 0.112. The van der Waals surface area contributed by atoms with Crippen LogP contribution in [-0.4, -0.2) is 6.29 Å². The Morgan fingerprint density at radius 3 is 2.00 bits per heavy atom. The molecule has 1 nitrogen and oxygen atoms in total. The summed E-state index contributed by atoms with van der Waals surface area (Å²) in [4.78, 5) is 10.5. The summed E-state index contributed by atoms with van der Waals surface area (Å²) >= 11 is 0. The fourth-order valence-electron chi connectivity index (χ4n) is 1.10. The summed E-state index contributed by atoms with van der Waals surface area (Å²) in [5.41, 5.74) is 4.36. The standard InChI is InChI=1S/C10H12O.2ClH/c1-7-4-5-10(6-11)9(3)8(7)2;;/h4-6H,1-3H3;2*1H. The van der Waals surface area contributed by atoms with Gasteiger partial charge >= 0.3 is 0 Å². The molecule has 1 aromatic carbocycles. The Labute approximate surface area is 91.4 Å². The number of benzene rings is 1. The molecule has 0 radical (unpaired) electrons. The van der Waals surface area contributed by atoms with Crippen molar-refractivity contribution in [2.45, 2.75) is 20.8 Å². The van der Waals surface area contributed by atoms with E-state index in [4.69, 9.17) is 0 Å². The van der Waals surface area contributed by atoms with E-state index in [1.54, 1.807) is 0 Å². The van der Waals surface area contributed by atoms with Gasteiger partial charge in [0.15, 0.2) is 0 Å². The van der Waals surface area contributed by atoms with Crippen LogP contribution in [0.4, 0.5) is 0 Å². The van der Waals surface area contributed by atoms with Crippen molar-refractivity contribution in [3.8, 4) is 0 Å². The first kappa shape index (κ1) is 15.0. The van der Waals surface area contributed by atoms with Crippen LogP contribution >= 0.6 is 24.8 Å². The summed E-state index contributed by atoms with van der Waals surface area (Å²) in [5, 5.41) is 0. The molecule has 0 aliphatic carbocycles. The fraction of sp³-hybridized carbons (Fsp3) is 0.300. The van der Waals surface area contributed by atoms with Gasteiger partial charge in [0.05, 0.1) is 0 Å². The molecule has 0 saturated heterocycles. The van der Waals surface area contributed by atoms with E-state index in [2.05, 4.69) is 6.92 Å². The van der Waals surface area contributed by atoms with Gasteiger partial charge in [0.2, 0.25) is 0 Å². The summed E-state index contributed by atoms with van der Waals surface area (Å²) in [6.07, 6.45) is 0.905. The molecule has 0 unspecified atom stereocenters. The van der Waals surface area contributed by atoms with Crippen LogP contribution in [0.5, 0.6) is 0 Å². The quantitative estimate of drug-likeness (QED) is 0.665. The topological polar surface area (TPSA) is 17.1 Å². The van der Waals surface area contributed by atoms with Gasteiger partial charge in [-0.3, -0.25) is 4.79 Å². The SMILES string of the molecule is Cc1ccc(C=O)c(C)c1C.Cl.Cl. The number of rotatable bonds is 1. The van der Waals surface area contributed by atoms with E-state index >= 15 is 0 Å². The van der Waals surface area contributed by atoms with Crippen LogP contribution in [0.15, 0.2) is 12.1 Å². The Bertz CT molecular complexity index is 295. The van der Waals surface area contributed by atoms with Crippen LogP contribution in [0.2, 0.25) is 0 Å². The van der Waals surface area contributed by atoms with E-state index < -0.39 is 0 Å². The third kappa shape index (κ3) is 3.02. The Hall–Kier alpha value is -0.530. The van der Waals surface area contributed by atoms with Crippen LogP contribution in [-0.2, 0) is 0 Å². The average molecular weight is 221 g/mol. The molecule has 0 N–H and O–H groups in total. The Morgan fingerprint density at radius 2 is 1.54 bits per heavy atom. The van der Waals surface area contributed by atoms with Crippen molar-refractivity contribution in [1.29, 1.82) is 0 Å². The molecule has 3 heteroatoms. The maximum absolute atomic E-state index is 10.5. The summed E-state index contributed by atoms with van der Waals surface area (Å²) < 4.78 is 0. The molecule has 0 fully saturated rings. The maximum Gasteiger partial charge on any atom is 0.150 e. The van der Waals surface area contributed by atoms with Crippen LogP contribution in [0.1, 0.15) is 27.0 Å². The minimum absolute atomic E-state index is 0. The first-order chi connectivity index (χ1) is 5.16. The highest BCUT2D eigenvalue weighted by Crippen LogP contribution is 2.14. The monoisotopic (exact) mass is 220 g/mol. The summed E-state index contributed by atoms with van der Waals surface area (Å²) in [6.45, 7) is 6.07. The zero-order valence-corrected chi connectivity index (χ0v) is 9.59. The van der Waals surface area contributed by atoms with Gasteiger partial charge in [-0.15, -0.1) is 24.8 Å². The van der Waals surface area contributed by atoms with Gasteiger partial charge in [-0.2, -0.15) is 0 Å². The molecule has 0 saturated carbocycles. The second-order valence-corrected chi connectivity index (χ2v) is 2.84. The van der Waals surface area contributed by atoms with Crippen molar-refractivity contribution in [2.24, 2.45) is 0 Å². The highest BCUT2D eigenvalue weighted by atomic mass is 35.5. The highest BCUT2D eigenvalue weighted by Gasteiger charge is 2.00. The molecule has 0 amide bonds. The van der Waals surface area contributed by atoms with E-state index in [1.807, 2.05) is 26.0 Å².